The largest absolute Gasteiger partial charge is 0.379 e. The monoisotopic (exact) mass is 383 g/mol. The van der Waals surface area contributed by atoms with Gasteiger partial charge in [0.15, 0.2) is 0 Å². The number of halogens is 1. The molecule has 0 saturated carbocycles. The average molecular weight is 384 g/mol. The van der Waals surface area contributed by atoms with E-state index >= 15 is 0 Å². The first kappa shape index (κ1) is 17.8. The number of nitrogens with zero attached hydrogens (tertiary/aromatic N) is 4. The highest BCUT2D eigenvalue weighted by atomic mass is 35.5. The van der Waals surface area contributed by atoms with E-state index in [0.29, 0.717) is 18.2 Å². The normalized spacial score (nSPS) is 17.7. The standard InChI is InChI=1S/C20H22ClN5O/c1-14-11-19(24-20(22)23-14)26-9-4-10-27-13-18(26)16-12-15(5-6-17(16)21)25-7-2-3-8-25/h2-3,5-8,11-12,18H,4,9-10,13H2,1H3,(H2,22,23,24). The lowest BCUT2D eigenvalue weighted by Crippen LogP contribution is -2.32. The molecule has 1 aliphatic rings. The first-order chi connectivity index (χ1) is 13.1. The maximum absolute atomic E-state index is 6.61. The zero-order chi connectivity index (χ0) is 18.8. The molecule has 3 aromatic rings. The summed E-state index contributed by atoms with van der Waals surface area (Å²) in [5.74, 6) is 1.08. The Morgan fingerprint density at radius 2 is 2.00 bits per heavy atom. The van der Waals surface area contributed by atoms with Gasteiger partial charge in [-0.3, -0.25) is 0 Å². The van der Waals surface area contributed by atoms with Gasteiger partial charge >= 0.3 is 0 Å². The van der Waals surface area contributed by atoms with E-state index in [4.69, 9.17) is 22.1 Å². The molecule has 0 bridgehead atoms. The van der Waals surface area contributed by atoms with Crippen molar-refractivity contribution in [3.63, 3.8) is 0 Å². The molecular weight excluding hydrogens is 362 g/mol. The van der Waals surface area contributed by atoms with Crippen LogP contribution < -0.4 is 10.6 Å². The van der Waals surface area contributed by atoms with Crippen LogP contribution >= 0.6 is 11.6 Å². The van der Waals surface area contributed by atoms with E-state index in [2.05, 4.69) is 25.5 Å². The van der Waals surface area contributed by atoms with E-state index < -0.39 is 0 Å². The number of aryl methyl sites for hydroxylation is 1. The van der Waals surface area contributed by atoms with Crippen molar-refractivity contribution in [3.05, 3.63) is 65.1 Å². The van der Waals surface area contributed by atoms with Crippen molar-refractivity contribution in [1.82, 2.24) is 14.5 Å². The Hall–Kier alpha value is -2.57. The smallest absolute Gasteiger partial charge is 0.222 e. The van der Waals surface area contributed by atoms with Gasteiger partial charge < -0.3 is 19.9 Å². The predicted octanol–water partition coefficient (Wildman–Crippen LogP) is 3.78. The lowest BCUT2D eigenvalue weighted by molar-refractivity contribution is 0.134. The molecule has 1 aliphatic heterocycles. The van der Waals surface area contributed by atoms with Crippen molar-refractivity contribution in [1.29, 1.82) is 0 Å². The molecule has 1 saturated heterocycles. The van der Waals surface area contributed by atoms with Crippen molar-refractivity contribution in [2.24, 2.45) is 0 Å². The lowest BCUT2D eigenvalue weighted by Gasteiger charge is -2.31. The van der Waals surface area contributed by atoms with Crippen LogP contribution in [0.3, 0.4) is 0 Å². The van der Waals surface area contributed by atoms with Gasteiger partial charge in [0.1, 0.15) is 5.82 Å². The van der Waals surface area contributed by atoms with E-state index in [1.807, 2.05) is 49.6 Å². The average Bonchev–Trinajstić information content (AvgIpc) is 3.06. The Balaban J connectivity index is 1.78. The van der Waals surface area contributed by atoms with Crippen molar-refractivity contribution in [2.45, 2.75) is 19.4 Å². The van der Waals surface area contributed by atoms with Crippen molar-refractivity contribution in [2.75, 3.05) is 30.4 Å². The number of nitrogens with two attached hydrogens (primary N) is 1. The topological polar surface area (TPSA) is 69.2 Å². The Bertz CT molecular complexity index is 908. The molecule has 27 heavy (non-hydrogen) atoms. The molecule has 1 unspecified atom stereocenters. The first-order valence-electron chi connectivity index (χ1n) is 9.00. The number of hydrogen-bond acceptors (Lipinski definition) is 5. The highest BCUT2D eigenvalue weighted by Gasteiger charge is 2.27. The fourth-order valence-corrected chi connectivity index (χ4v) is 3.73. The first-order valence-corrected chi connectivity index (χ1v) is 9.38. The van der Waals surface area contributed by atoms with Gasteiger partial charge in [0.25, 0.3) is 0 Å². The van der Waals surface area contributed by atoms with Crippen LogP contribution in [0.15, 0.2) is 48.8 Å². The molecule has 7 heteroatoms. The molecule has 0 aliphatic carbocycles. The minimum atomic E-state index is -0.0517. The third kappa shape index (κ3) is 3.77. The predicted molar refractivity (Wildman–Crippen MR) is 107 cm³/mol. The summed E-state index contributed by atoms with van der Waals surface area (Å²) in [4.78, 5) is 10.9. The second kappa shape index (κ2) is 7.58. The second-order valence-electron chi connectivity index (χ2n) is 6.66. The van der Waals surface area contributed by atoms with Gasteiger partial charge in [0.05, 0.1) is 12.6 Å². The zero-order valence-electron chi connectivity index (χ0n) is 15.2. The molecule has 2 aromatic heterocycles. The molecule has 140 valence electrons. The molecule has 3 heterocycles. The van der Waals surface area contributed by atoms with E-state index in [0.717, 1.165) is 35.7 Å². The quantitative estimate of drug-likeness (QED) is 0.745. The van der Waals surface area contributed by atoms with Crippen LogP contribution in [0, 0.1) is 6.92 Å². The van der Waals surface area contributed by atoms with Gasteiger partial charge in [-0.05, 0) is 49.2 Å². The lowest BCUT2D eigenvalue weighted by atomic mass is 10.0. The summed E-state index contributed by atoms with van der Waals surface area (Å²) >= 11 is 6.61. The molecule has 1 aromatic carbocycles. The Morgan fingerprint density at radius 3 is 2.78 bits per heavy atom. The van der Waals surface area contributed by atoms with Crippen LogP contribution in [0.2, 0.25) is 5.02 Å². The van der Waals surface area contributed by atoms with E-state index in [9.17, 15) is 0 Å². The number of hydrogen-bond donors (Lipinski definition) is 1. The molecule has 1 atom stereocenters. The zero-order valence-corrected chi connectivity index (χ0v) is 15.9. The maximum Gasteiger partial charge on any atom is 0.222 e. The summed E-state index contributed by atoms with van der Waals surface area (Å²) < 4.78 is 7.94. The van der Waals surface area contributed by atoms with Crippen molar-refractivity contribution >= 4 is 23.4 Å². The summed E-state index contributed by atoms with van der Waals surface area (Å²) in [6.07, 6.45) is 4.94. The van der Waals surface area contributed by atoms with Crippen molar-refractivity contribution < 1.29 is 4.74 Å². The van der Waals surface area contributed by atoms with Crippen LogP contribution in [0.4, 0.5) is 11.8 Å². The number of nitrogen functional groups attached to an aromatic ring is 1. The molecular formula is C20H22ClN5O. The summed E-state index contributed by atoms with van der Waals surface area (Å²) in [6, 6.07) is 12.0. The van der Waals surface area contributed by atoms with Crippen LogP contribution in [-0.4, -0.2) is 34.3 Å². The number of benzene rings is 1. The highest BCUT2D eigenvalue weighted by Crippen LogP contribution is 2.34. The van der Waals surface area contributed by atoms with Crippen LogP contribution in [0.5, 0.6) is 0 Å². The summed E-state index contributed by atoms with van der Waals surface area (Å²) in [5.41, 5.74) is 8.81. The van der Waals surface area contributed by atoms with Gasteiger partial charge in [0, 0.05) is 48.0 Å². The number of rotatable bonds is 3. The molecule has 1 fully saturated rings. The van der Waals surface area contributed by atoms with Gasteiger partial charge in [-0.15, -0.1) is 0 Å². The second-order valence-corrected chi connectivity index (χ2v) is 7.07. The minimum absolute atomic E-state index is 0.0517. The molecule has 0 radical (unpaired) electrons. The summed E-state index contributed by atoms with van der Waals surface area (Å²) in [5, 5.41) is 0.713. The van der Waals surface area contributed by atoms with E-state index in [-0.39, 0.29) is 12.0 Å². The maximum atomic E-state index is 6.61. The van der Waals surface area contributed by atoms with Crippen molar-refractivity contribution in [3.8, 4) is 5.69 Å². The number of anilines is 2. The molecule has 0 spiro atoms. The summed E-state index contributed by atoms with van der Waals surface area (Å²) in [6.45, 7) is 3.98. The fourth-order valence-electron chi connectivity index (χ4n) is 3.48. The molecule has 2 N–H and O–H groups in total. The van der Waals surface area contributed by atoms with Gasteiger partial charge in [-0.2, -0.15) is 4.98 Å². The summed E-state index contributed by atoms with van der Waals surface area (Å²) in [7, 11) is 0. The molecule has 0 amide bonds. The number of ether oxygens (including phenoxy) is 1. The van der Waals surface area contributed by atoms with Crippen LogP contribution in [0.1, 0.15) is 23.7 Å². The highest BCUT2D eigenvalue weighted by molar-refractivity contribution is 6.31. The Kier molecular flexibility index (Phi) is 5.01. The third-order valence-corrected chi connectivity index (χ3v) is 5.08. The van der Waals surface area contributed by atoms with Crippen LogP contribution in [0.25, 0.3) is 5.69 Å². The molecule has 6 nitrogen and oxygen atoms in total. The van der Waals surface area contributed by atoms with E-state index in [1.165, 1.54) is 0 Å². The fraction of sp³-hybridized carbons (Fsp3) is 0.300. The molecule has 4 rings (SSSR count). The van der Waals surface area contributed by atoms with Crippen LogP contribution in [-0.2, 0) is 4.74 Å². The van der Waals surface area contributed by atoms with Gasteiger partial charge in [-0.25, -0.2) is 4.98 Å². The number of aromatic nitrogens is 3. The minimum Gasteiger partial charge on any atom is -0.379 e. The Labute approximate surface area is 163 Å². The SMILES string of the molecule is Cc1cc(N2CCCOCC2c2cc(-n3cccc3)ccc2Cl)nc(N)n1. The van der Waals surface area contributed by atoms with Gasteiger partial charge in [0.2, 0.25) is 5.95 Å². The Morgan fingerprint density at radius 1 is 1.19 bits per heavy atom. The van der Waals surface area contributed by atoms with Gasteiger partial charge in [-0.1, -0.05) is 11.6 Å². The third-order valence-electron chi connectivity index (χ3n) is 4.73. The van der Waals surface area contributed by atoms with E-state index in [1.54, 1.807) is 0 Å².